The molecule has 0 atom stereocenters. The number of hydrogen-bond donors (Lipinski definition) is 0. The summed E-state index contributed by atoms with van der Waals surface area (Å²) in [7, 11) is 0. The van der Waals surface area contributed by atoms with Crippen LogP contribution < -0.4 is 0 Å². The van der Waals surface area contributed by atoms with E-state index in [1.54, 1.807) is 0 Å². The maximum Gasteiger partial charge on any atom is -0.00136 e. The lowest BCUT2D eigenvalue weighted by Crippen LogP contribution is -2.03. The van der Waals surface area contributed by atoms with Gasteiger partial charge in [-0.25, -0.2) is 0 Å². The highest BCUT2D eigenvalue weighted by atomic mass is 14.3. The largest absolute Gasteiger partial charge is 0.0622 e. The standard InChI is InChI=1S/C102H62/c1-3-19-63(20-4-1)67-37-39-71-57-75(45-41-69(71)55-67)97-99(77-47-51-83-73(59-77)43-35-65-23-7-9-25-81(65)83)100(78-48-52-84-74(60-78)44-36-66-24-8-10-26-82(66)84)102(80-50-54-94-90-32-14-12-28-86(90)88-30-16-18-34-92(88)96(94)62-80)98(76-46-42-70-56-68(38-40-72(70)58-76)64-21-5-2-6-22-64)101(97)79-49-53-93-89-31-13-11-27-85(89)87-29-15-17-33-91(87)95(93)61-79/h1-62H. The molecule has 0 N–H and O–H groups in total. The van der Waals surface area contributed by atoms with Crippen LogP contribution in [0, 0.1) is 0 Å². The van der Waals surface area contributed by atoms with Gasteiger partial charge in [-0.15, -0.1) is 0 Å². The molecular formula is C102H62. The van der Waals surface area contributed by atoms with Crippen molar-refractivity contribution in [2.24, 2.45) is 0 Å². The molecule has 21 aromatic carbocycles. The normalized spacial score (nSPS) is 11.9. The van der Waals surface area contributed by atoms with Gasteiger partial charge in [-0.2, -0.15) is 0 Å². The molecule has 21 rings (SSSR count). The third-order valence-electron chi connectivity index (χ3n) is 22.1. The van der Waals surface area contributed by atoms with Gasteiger partial charge < -0.3 is 0 Å². The van der Waals surface area contributed by atoms with E-state index in [4.69, 9.17) is 0 Å². The third kappa shape index (κ3) is 9.24. The van der Waals surface area contributed by atoms with E-state index in [1.807, 2.05) is 0 Å². The fourth-order valence-electron chi connectivity index (χ4n) is 17.4. The Kier molecular flexibility index (Phi) is 13.1. The molecule has 0 unspecified atom stereocenters. The van der Waals surface area contributed by atoms with Crippen LogP contribution in [0.3, 0.4) is 0 Å². The summed E-state index contributed by atoms with van der Waals surface area (Å²) in [6.45, 7) is 0. The van der Waals surface area contributed by atoms with Crippen molar-refractivity contribution in [3.05, 3.63) is 376 Å². The van der Waals surface area contributed by atoms with Crippen LogP contribution in [0.4, 0.5) is 0 Å². The van der Waals surface area contributed by atoms with Gasteiger partial charge in [0.25, 0.3) is 0 Å². The van der Waals surface area contributed by atoms with E-state index in [2.05, 4.69) is 376 Å². The molecule has 0 heterocycles. The van der Waals surface area contributed by atoms with Crippen LogP contribution in [-0.2, 0) is 0 Å². The van der Waals surface area contributed by atoms with E-state index in [-0.39, 0.29) is 0 Å². The Labute approximate surface area is 590 Å². The van der Waals surface area contributed by atoms with E-state index in [0.29, 0.717) is 0 Å². The number of benzene rings is 21. The van der Waals surface area contributed by atoms with Crippen molar-refractivity contribution < 1.29 is 0 Å². The monoisotopic (exact) mass is 1290 g/mol. The molecule has 21 aromatic rings. The SMILES string of the molecule is c1ccc(-c2ccc3cc(-c4c(-c5ccc6c(ccc7ccccc76)c5)c(-c5ccc6c(ccc7ccccc76)c5)c(-c5ccc6c7ccccc7c7ccccc7c6c5)c(-c5ccc6cc(-c7ccccc7)ccc6c5)c4-c4ccc5c6ccccc6c6ccccc6c5c4)ccc3c2)cc1. The van der Waals surface area contributed by atoms with Crippen LogP contribution in [0.1, 0.15) is 0 Å². The summed E-state index contributed by atoms with van der Waals surface area (Å²) < 4.78 is 0. The van der Waals surface area contributed by atoms with Gasteiger partial charge >= 0.3 is 0 Å². The van der Waals surface area contributed by atoms with E-state index in [0.717, 1.165) is 50.1 Å². The molecule has 0 bridgehead atoms. The molecule has 470 valence electrons. The maximum atomic E-state index is 2.55. The Balaban J connectivity index is 0.994. The van der Waals surface area contributed by atoms with Gasteiger partial charge in [-0.05, 0) is 267 Å². The van der Waals surface area contributed by atoms with Crippen LogP contribution in [-0.4, -0.2) is 0 Å². The van der Waals surface area contributed by atoms with Crippen molar-refractivity contribution in [1.82, 2.24) is 0 Å². The first kappa shape index (κ1) is 57.8. The van der Waals surface area contributed by atoms with Crippen LogP contribution >= 0.6 is 0 Å². The predicted octanol–water partition coefficient (Wildman–Crippen LogP) is 28.9. The summed E-state index contributed by atoms with van der Waals surface area (Å²) in [4.78, 5) is 0. The minimum atomic E-state index is 1.13. The molecule has 0 aliphatic carbocycles. The average molecular weight is 1290 g/mol. The highest BCUT2D eigenvalue weighted by Gasteiger charge is 2.31. The average Bonchev–Trinajstić information content (AvgIpc) is 0.703. The van der Waals surface area contributed by atoms with E-state index < -0.39 is 0 Å². The van der Waals surface area contributed by atoms with E-state index in [1.165, 1.54) is 168 Å². The second-order valence-electron chi connectivity index (χ2n) is 27.7. The van der Waals surface area contributed by atoms with Crippen molar-refractivity contribution in [3.8, 4) is 89.0 Å². The smallest absolute Gasteiger partial charge is 0.00136 e. The van der Waals surface area contributed by atoms with Crippen molar-refractivity contribution in [2.75, 3.05) is 0 Å². The molecule has 0 aliphatic heterocycles. The lowest BCUT2D eigenvalue weighted by molar-refractivity contribution is 1.54. The number of hydrogen-bond acceptors (Lipinski definition) is 0. The fourth-order valence-corrected chi connectivity index (χ4v) is 17.4. The van der Waals surface area contributed by atoms with Gasteiger partial charge in [0, 0.05) is 0 Å². The van der Waals surface area contributed by atoms with Crippen molar-refractivity contribution in [1.29, 1.82) is 0 Å². The molecule has 0 aliphatic rings. The van der Waals surface area contributed by atoms with E-state index >= 15 is 0 Å². The van der Waals surface area contributed by atoms with Crippen molar-refractivity contribution in [3.63, 3.8) is 0 Å². The van der Waals surface area contributed by atoms with E-state index in [9.17, 15) is 0 Å². The summed E-state index contributed by atoms with van der Waals surface area (Å²) >= 11 is 0. The Morgan fingerprint density at radius 2 is 0.284 bits per heavy atom. The zero-order valence-corrected chi connectivity index (χ0v) is 55.8. The van der Waals surface area contributed by atoms with Gasteiger partial charge in [-0.1, -0.05) is 328 Å². The molecule has 0 radical (unpaired) electrons. The van der Waals surface area contributed by atoms with Crippen molar-refractivity contribution in [2.45, 2.75) is 0 Å². The van der Waals surface area contributed by atoms with Gasteiger partial charge in [0.2, 0.25) is 0 Å². The Morgan fingerprint density at radius 1 is 0.0882 bits per heavy atom. The number of rotatable bonds is 8. The molecule has 0 saturated heterocycles. The topological polar surface area (TPSA) is 0 Å². The van der Waals surface area contributed by atoms with Crippen molar-refractivity contribution >= 4 is 129 Å². The Hall–Kier alpha value is -13.3. The molecule has 0 fully saturated rings. The van der Waals surface area contributed by atoms with Crippen LogP contribution in [0.15, 0.2) is 376 Å². The maximum absolute atomic E-state index is 2.55. The van der Waals surface area contributed by atoms with Gasteiger partial charge in [0.05, 0.1) is 0 Å². The second-order valence-corrected chi connectivity index (χ2v) is 27.7. The molecule has 0 heteroatoms. The molecule has 0 saturated carbocycles. The molecular weight excluding hydrogens is 1230 g/mol. The summed E-state index contributed by atoms with van der Waals surface area (Å²) in [5.74, 6) is 0. The molecule has 0 amide bonds. The molecule has 102 heavy (non-hydrogen) atoms. The quantitative estimate of drug-likeness (QED) is 0.133. The van der Waals surface area contributed by atoms with Gasteiger partial charge in [0.1, 0.15) is 0 Å². The Bertz CT molecular complexity index is 7030. The highest BCUT2D eigenvalue weighted by Crippen LogP contribution is 2.58. The van der Waals surface area contributed by atoms with Gasteiger partial charge in [0.15, 0.2) is 0 Å². The first-order valence-electron chi connectivity index (χ1n) is 35.5. The lowest BCUT2D eigenvalue weighted by atomic mass is 9.73. The summed E-state index contributed by atoms with van der Waals surface area (Å²) in [5, 5.41) is 29.3. The zero-order valence-electron chi connectivity index (χ0n) is 55.8. The summed E-state index contributed by atoms with van der Waals surface area (Å²) in [6.07, 6.45) is 0. The Morgan fingerprint density at radius 3 is 0.618 bits per heavy atom. The molecule has 0 aromatic heterocycles. The minimum absolute atomic E-state index is 1.13. The lowest BCUT2D eigenvalue weighted by Gasteiger charge is -2.30. The predicted molar refractivity (Wildman–Crippen MR) is 440 cm³/mol. The van der Waals surface area contributed by atoms with Gasteiger partial charge in [-0.3, -0.25) is 0 Å². The van der Waals surface area contributed by atoms with Crippen LogP contribution in [0.5, 0.6) is 0 Å². The summed E-state index contributed by atoms with van der Waals surface area (Å²) in [6, 6.07) is 143. The minimum Gasteiger partial charge on any atom is -0.0622 e. The second kappa shape index (κ2) is 23.2. The third-order valence-corrected chi connectivity index (χ3v) is 22.1. The molecule has 0 spiro atoms. The highest BCUT2D eigenvalue weighted by molar-refractivity contribution is 6.29. The molecule has 0 nitrogen and oxygen atoms in total. The van der Waals surface area contributed by atoms with Crippen LogP contribution in [0.2, 0.25) is 0 Å². The first-order valence-corrected chi connectivity index (χ1v) is 35.5. The fraction of sp³-hybridized carbons (Fsp3) is 0. The number of fused-ring (bicyclic) bond motifs is 20. The summed E-state index contributed by atoms with van der Waals surface area (Å²) in [5.41, 5.74) is 18.6. The van der Waals surface area contributed by atoms with Crippen LogP contribution in [0.25, 0.3) is 218 Å². The first-order chi connectivity index (χ1) is 50.6. The zero-order chi connectivity index (χ0) is 66.9.